The van der Waals surface area contributed by atoms with Gasteiger partial charge in [-0.2, -0.15) is 0 Å². The van der Waals surface area contributed by atoms with Crippen molar-refractivity contribution in [2.45, 2.75) is 57.8 Å². The summed E-state index contributed by atoms with van der Waals surface area (Å²) in [5.41, 5.74) is -1.52. The molecule has 18 heavy (non-hydrogen) atoms. The molecule has 0 bridgehead atoms. The van der Waals surface area contributed by atoms with Crippen molar-refractivity contribution in [2.75, 3.05) is 0 Å². The number of carboxylic acid groups (broad SMARTS) is 2. The molecule has 0 unspecified atom stereocenters. The highest BCUT2D eigenvalue weighted by Gasteiger charge is 2.58. The van der Waals surface area contributed by atoms with Crippen LogP contribution in [0.3, 0.4) is 0 Å². The van der Waals surface area contributed by atoms with Gasteiger partial charge in [0.25, 0.3) is 0 Å². The summed E-state index contributed by atoms with van der Waals surface area (Å²) in [6.45, 7) is 0. The minimum Gasteiger partial charge on any atom is -0.480 e. The van der Waals surface area contributed by atoms with Gasteiger partial charge in [-0.05, 0) is 37.5 Å². The largest absolute Gasteiger partial charge is 0.480 e. The molecule has 2 fully saturated rings. The lowest BCUT2D eigenvalue weighted by Gasteiger charge is -2.40. The van der Waals surface area contributed by atoms with Crippen LogP contribution in [0.4, 0.5) is 0 Å². The topological polar surface area (TPSA) is 74.6 Å². The normalized spacial score (nSPS) is 23.1. The molecule has 0 aromatic heterocycles. The first-order valence-corrected chi connectivity index (χ1v) is 7.07. The summed E-state index contributed by atoms with van der Waals surface area (Å²) in [6, 6.07) is 0. The summed E-state index contributed by atoms with van der Waals surface area (Å²) in [6.07, 6.45) is 8.03. The SMILES string of the molecule is O=C(O)C(C(=O)O)(C1CCCCC1)C1CCCC1. The molecule has 2 aliphatic carbocycles. The van der Waals surface area contributed by atoms with E-state index >= 15 is 0 Å². The van der Waals surface area contributed by atoms with Crippen LogP contribution in [0.25, 0.3) is 0 Å². The quantitative estimate of drug-likeness (QED) is 0.756. The Hall–Kier alpha value is -1.06. The number of hydrogen-bond donors (Lipinski definition) is 2. The molecule has 0 aliphatic heterocycles. The predicted molar refractivity (Wildman–Crippen MR) is 66.2 cm³/mol. The van der Waals surface area contributed by atoms with Gasteiger partial charge in [0.2, 0.25) is 0 Å². The molecule has 0 spiro atoms. The van der Waals surface area contributed by atoms with Crippen molar-refractivity contribution in [1.82, 2.24) is 0 Å². The predicted octanol–water partition coefficient (Wildman–Crippen LogP) is 2.91. The molecule has 0 amide bonds. The van der Waals surface area contributed by atoms with Gasteiger partial charge in [-0.3, -0.25) is 9.59 Å². The second-order valence-electron chi connectivity index (χ2n) is 5.80. The van der Waals surface area contributed by atoms with Gasteiger partial charge in [-0.15, -0.1) is 0 Å². The molecule has 4 nitrogen and oxygen atoms in total. The van der Waals surface area contributed by atoms with E-state index in [2.05, 4.69) is 0 Å². The minimum atomic E-state index is -1.52. The van der Waals surface area contributed by atoms with E-state index in [0.29, 0.717) is 0 Å². The van der Waals surface area contributed by atoms with Crippen LogP contribution >= 0.6 is 0 Å². The average molecular weight is 254 g/mol. The van der Waals surface area contributed by atoms with Gasteiger partial charge in [-0.25, -0.2) is 0 Å². The Bertz CT molecular complexity index is 311. The molecule has 4 heteroatoms. The molecule has 0 saturated heterocycles. The first kappa shape index (κ1) is 13.4. The van der Waals surface area contributed by atoms with Crippen molar-refractivity contribution in [2.24, 2.45) is 17.3 Å². The van der Waals surface area contributed by atoms with Crippen molar-refractivity contribution in [1.29, 1.82) is 0 Å². The second-order valence-corrected chi connectivity index (χ2v) is 5.80. The van der Waals surface area contributed by atoms with Gasteiger partial charge in [0.15, 0.2) is 5.41 Å². The summed E-state index contributed by atoms with van der Waals surface area (Å²) in [4.78, 5) is 23.5. The van der Waals surface area contributed by atoms with Crippen LogP contribution in [0.15, 0.2) is 0 Å². The van der Waals surface area contributed by atoms with E-state index in [1.165, 1.54) is 0 Å². The highest BCUT2D eigenvalue weighted by molar-refractivity contribution is 5.99. The highest BCUT2D eigenvalue weighted by Crippen LogP contribution is 2.50. The zero-order chi connectivity index (χ0) is 13.2. The lowest BCUT2D eigenvalue weighted by Crippen LogP contribution is -2.51. The summed E-state index contributed by atoms with van der Waals surface area (Å²) in [7, 11) is 0. The summed E-state index contributed by atoms with van der Waals surface area (Å²) in [5, 5.41) is 19.3. The van der Waals surface area contributed by atoms with Crippen LogP contribution < -0.4 is 0 Å². The lowest BCUT2D eigenvalue weighted by molar-refractivity contribution is -0.176. The first-order valence-electron chi connectivity index (χ1n) is 7.07. The molecule has 0 aromatic rings. The third kappa shape index (κ3) is 2.02. The fourth-order valence-corrected chi connectivity index (χ4v) is 4.06. The first-order chi connectivity index (χ1) is 8.60. The smallest absolute Gasteiger partial charge is 0.321 e. The van der Waals surface area contributed by atoms with Crippen molar-refractivity contribution in [3.63, 3.8) is 0 Å². The van der Waals surface area contributed by atoms with Crippen molar-refractivity contribution >= 4 is 11.9 Å². The number of rotatable bonds is 4. The molecule has 0 radical (unpaired) electrons. The standard InChI is InChI=1S/C14H22O4/c15-12(16)14(13(17)18,11-8-4-5-9-11)10-6-2-1-3-7-10/h10-11H,1-9H2,(H,15,16)(H,17,18). The van der Waals surface area contributed by atoms with E-state index in [0.717, 1.165) is 57.8 Å². The maximum atomic E-state index is 11.8. The number of carbonyl (C=O) groups is 2. The maximum absolute atomic E-state index is 11.8. The third-order valence-corrected chi connectivity index (χ3v) is 4.96. The van der Waals surface area contributed by atoms with Crippen LogP contribution in [-0.2, 0) is 9.59 Å². The van der Waals surface area contributed by atoms with Gasteiger partial charge < -0.3 is 10.2 Å². The molecular formula is C14H22O4. The van der Waals surface area contributed by atoms with E-state index in [-0.39, 0.29) is 11.8 Å². The van der Waals surface area contributed by atoms with Crippen LogP contribution in [0.1, 0.15) is 57.8 Å². The van der Waals surface area contributed by atoms with Gasteiger partial charge >= 0.3 is 11.9 Å². The molecular weight excluding hydrogens is 232 g/mol. The Morgan fingerprint density at radius 3 is 1.39 bits per heavy atom. The second kappa shape index (κ2) is 5.29. The Balaban J connectivity index is 2.34. The summed E-state index contributed by atoms with van der Waals surface area (Å²) >= 11 is 0. The number of carboxylic acids is 2. The fourth-order valence-electron chi connectivity index (χ4n) is 4.06. The fraction of sp³-hybridized carbons (Fsp3) is 0.857. The number of hydrogen-bond acceptors (Lipinski definition) is 2. The maximum Gasteiger partial charge on any atom is 0.321 e. The number of aliphatic carboxylic acids is 2. The molecule has 102 valence electrons. The third-order valence-electron chi connectivity index (χ3n) is 4.96. The van der Waals surface area contributed by atoms with Gasteiger partial charge in [0, 0.05) is 0 Å². The van der Waals surface area contributed by atoms with Crippen LogP contribution in [-0.4, -0.2) is 22.2 Å². The van der Waals surface area contributed by atoms with Crippen molar-refractivity contribution in [3.05, 3.63) is 0 Å². The Morgan fingerprint density at radius 1 is 0.722 bits per heavy atom. The van der Waals surface area contributed by atoms with Crippen molar-refractivity contribution < 1.29 is 19.8 Å². The van der Waals surface area contributed by atoms with E-state index in [1.807, 2.05) is 0 Å². The summed E-state index contributed by atoms with van der Waals surface area (Å²) in [5.74, 6) is -2.55. The zero-order valence-corrected chi connectivity index (χ0v) is 10.7. The van der Waals surface area contributed by atoms with E-state index in [1.54, 1.807) is 0 Å². The Kier molecular flexibility index (Phi) is 3.93. The Labute approximate surface area is 107 Å². The van der Waals surface area contributed by atoms with Crippen LogP contribution in [0, 0.1) is 17.3 Å². The summed E-state index contributed by atoms with van der Waals surface area (Å²) < 4.78 is 0. The van der Waals surface area contributed by atoms with E-state index in [9.17, 15) is 19.8 Å². The van der Waals surface area contributed by atoms with Crippen LogP contribution in [0.2, 0.25) is 0 Å². The molecule has 0 heterocycles. The van der Waals surface area contributed by atoms with E-state index < -0.39 is 17.4 Å². The molecule has 2 N–H and O–H groups in total. The monoisotopic (exact) mass is 254 g/mol. The van der Waals surface area contributed by atoms with Gasteiger partial charge in [0.05, 0.1) is 0 Å². The van der Waals surface area contributed by atoms with E-state index in [4.69, 9.17) is 0 Å². The van der Waals surface area contributed by atoms with Crippen molar-refractivity contribution in [3.8, 4) is 0 Å². The zero-order valence-electron chi connectivity index (χ0n) is 10.7. The molecule has 0 atom stereocenters. The lowest BCUT2D eigenvalue weighted by atomic mass is 9.61. The van der Waals surface area contributed by atoms with Gasteiger partial charge in [0.1, 0.15) is 0 Å². The molecule has 2 saturated carbocycles. The average Bonchev–Trinajstić information content (AvgIpc) is 2.84. The molecule has 0 aromatic carbocycles. The molecule has 2 rings (SSSR count). The van der Waals surface area contributed by atoms with Crippen LogP contribution in [0.5, 0.6) is 0 Å². The van der Waals surface area contributed by atoms with Gasteiger partial charge in [-0.1, -0.05) is 32.1 Å². The minimum absolute atomic E-state index is 0.171. The highest BCUT2D eigenvalue weighted by atomic mass is 16.4. The Morgan fingerprint density at radius 2 is 1.06 bits per heavy atom. The molecule has 2 aliphatic rings.